The second-order valence-electron chi connectivity index (χ2n) is 12.5. The number of fused-ring (bicyclic) bond motifs is 1. The first-order chi connectivity index (χ1) is 20.8. The number of carbonyl (C=O) groups excluding carboxylic acids is 1. The fourth-order valence-corrected chi connectivity index (χ4v) is 6.71. The Morgan fingerprint density at radius 2 is 1.70 bits per heavy atom. The van der Waals surface area contributed by atoms with Gasteiger partial charge in [-0.15, -0.1) is 0 Å². The van der Waals surface area contributed by atoms with Crippen molar-refractivity contribution in [1.29, 1.82) is 0 Å². The third-order valence-electron chi connectivity index (χ3n) is 8.64. The van der Waals surface area contributed by atoms with Gasteiger partial charge in [-0.2, -0.15) is 13.2 Å². The Kier molecular flexibility index (Phi) is 8.66. The average molecular weight is 611 g/mol. The summed E-state index contributed by atoms with van der Waals surface area (Å²) in [5, 5.41) is 14.1. The number of halogens is 3. The van der Waals surface area contributed by atoms with Crippen LogP contribution >= 0.6 is 0 Å². The number of alkyl halides is 3. The lowest BCUT2D eigenvalue weighted by Crippen LogP contribution is -2.51. The first-order valence-electron chi connectivity index (χ1n) is 14.6. The summed E-state index contributed by atoms with van der Waals surface area (Å²) in [6.07, 6.45) is -4.44. The van der Waals surface area contributed by atoms with Crippen LogP contribution in [0.4, 0.5) is 13.2 Å². The molecule has 2 N–H and O–H groups in total. The number of aliphatic carboxylic acids is 1. The van der Waals surface area contributed by atoms with Crippen LogP contribution < -0.4 is 14.8 Å². The second kappa shape index (κ2) is 12.1. The zero-order chi connectivity index (χ0) is 31.8. The van der Waals surface area contributed by atoms with Gasteiger partial charge in [-0.1, -0.05) is 69.3 Å². The van der Waals surface area contributed by atoms with Crippen LogP contribution in [0.1, 0.15) is 55.5 Å². The summed E-state index contributed by atoms with van der Waals surface area (Å²) in [4.78, 5) is 29.0. The third-order valence-corrected chi connectivity index (χ3v) is 8.64. The molecule has 234 valence electrons. The molecule has 1 saturated heterocycles. The van der Waals surface area contributed by atoms with Crippen molar-refractivity contribution in [3.05, 3.63) is 95.1 Å². The van der Waals surface area contributed by atoms with Crippen LogP contribution in [0.2, 0.25) is 0 Å². The van der Waals surface area contributed by atoms with Gasteiger partial charge in [0, 0.05) is 24.1 Å². The van der Waals surface area contributed by atoms with Crippen molar-refractivity contribution < 1.29 is 37.3 Å². The molecule has 0 saturated carbocycles. The highest BCUT2D eigenvalue weighted by Gasteiger charge is 2.59. The summed E-state index contributed by atoms with van der Waals surface area (Å²) in [6.45, 7) is 5.69. The Morgan fingerprint density at radius 1 is 1.02 bits per heavy atom. The Balaban J connectivity index is 1.58. The van der Waals surface area contributed by atoms with Crippen molar-refractivity contribution in [3.63, 3.8) is 0 Å². The van der Waals surface area contributed by atoms with E-state index < -0.39 is 59.2 Å². The van der Waals surface area contributed by atoms with Gasteiger partial charge in [0.1, 0.15) is 17.5 Å². The predicted molar refractivity (Wildman–Crippen MR) is 158 cm³/mol. The maximum absolute atomic E-state index is 14.4. The highest BCUT2D eigenvalue weighted by Crippen LogP contribution is 2.49. The van der Waals surface area contributed by atoms with Gasteiger partial charge in [-0.3, -0.25) is 4.79 Å². The molecule has 5 rings (SSSR count). The van der Waals surface area contributed by atoms with Crippen molar-refractivity contribution in [2.45, 2.75) is 70.6 Å². The number of hydrogen-bond acceptors (Lipinski definition) is 5. The molecule has 10 heteroatoms. The minimum Gasteiger partial charge on any atom is -0.496 e. The highest BCUT2D eigenvalue weighted by molar-refractivity contribution is 5.88. The van der Waals surface area contributed by atoms with Gasteiger partial charge in [-0.25, -0.2) is 4.79 Å². The van der Waals surface area contributed by atoms with Crippen molar-refractivity contribution in [2.75, 3.05) is 7.11 Å². The van der Waals surface area contributed by atoms with Crippen LogP contribution in [0, 0.1) is 11.3 Å². The average Bonchev–Trinajstić information content (AvgIpc) is 3.35. The summed E-state index contributed by atoms with van der Waals surface area (Å²) < 4.78 is 52.4. The van der Waals surface area contributed by atoms with E-state index in [2.05, 4.69) is 5.32 Å². The van der Waals surface area contributed by atoms with E-state index in [-0.39, 0.29) is 17.9 Å². The molecule has 0 aliphatic carbocycles. The normalized spacial score (nSPS) is 23.5. The minimum atomic E-state index is -4.55. The molecule has 5 atom stereocenters. The molecule has 1 amide bonds. The molecule has 2 aliphatic heterocycles. The fourth-order valence-electron chi connectivity index (χ4n) is 6.71. The van der Waals surface area contributed by atoms with E-state index in [1.165, 1.54) is 18.1 Å². The molecular weight excluding hydrogens is 573 g/mol. The zero-order valence-electron chi connectivity index (χ0n) is 25.1. The molecule has 1 unspecified atom stereocenters. The maximum atomic E-state index is 14.4. The highest BCUT2D eigenvalue weighted by atomic mass is 19.4. The van der Waals surface area contributed by atoms with Gasteiger partial charge in [0.25, 0.3) is 5.91 Å². The molecule has 3 aromatic rings. The lowest BCUT2D eigenvalue weighted by atomic mass is 9.72. The molecule has 0 radical (unpaired) electrons. The number of benzene rings is 3. The number of methoxy groups -OCH3 is 1. The fraction of sp³-hybridized carbons (Fsp3) is 0.412. The number of nitrogens with zero attached hydrogens (tertiary/aromatic N) is 1. The zero-order valence-corrected chi connectivity index (χ0v) is 25.1. The molecule has 0 spiro atoms. The molecule has 1 fully saturated rings. The first-order valence-corrected chi connectivity index (χ1v) is 14.6. The van der Waals surface area contributed by atoms with E-state index in [0.717, 1.165) is 17.7 Å². The molecule has 0 aromatic heterocycles. The number of para-hydroxylation sites is 1. The number of amides is 1. The van der Waals surface area contributed by atoms with Crippen molar-refractivity contribution in [2.24, 2.45) is 11.3 Å². The van der Waals surface area contributed by atoms with Crippen LogP contribution in [0.5, 0.6) is 11.5 Å². The monoisotopic (exact) mass is 610 g/mol. The van der Waals surface area contributed by atoms with Crippen molar-refractivity contribution in [3.8, 4) is 11.5 Å². The molecule has 3 aromatic carbocycles. The SMILES string of the molecule is COc1ccc(C(F)(F)F)cc1CN[C@H]1[C@H](C(C)(C)C)[C@@H](C(=O)O)N(C(=O)C2CCc3ccccc3O2)[C@H]1c1ccccc1. The smallest absolute Gasteiger partial charge is 0.416 e. The summed E-state index contributed by atoms with van der Waals surface area (Å²) in [5.74, 6) is -1.35. The second-order valence-corrected chi connectivity index (χ2v) is 12.5. The van der Waals surface area contributed by atoms with E-state index in [9.17, 15) is 27.9 Å². The Bertz CT molecular complexity index is 1500. The van der Waals surface area contributed by atoms with E-state index in [4.69, 9.17) is 9.47 Å². The number of hydrogen-bond donors (Lipinski definition) is 2. The van der Waals surface area contributed by atoms with Crippen LogP contribution in [0.25, 0.3) is 0 Å². The number of carboxylic acids is 1. The quantitative estimate of drug-likeness (QED) is 0.328. The number of carboxylic acid groups (broad SMARTS) is 1. The lowest BCUT2D eigenvalue weighted by Gasteiger charge is -2.36. The van der Waals surface area contributed by atoms with Gasteiger partial charge < -0.3 is 24.8 Å². The Morgan fingerprint density at radius 3 is 2.34 bits per heavy atom. The summed E-state index contributed by atoms with van der Waals surface area (Å²) >= 11 is 0. The van der Waals surface area contributed by atoms with Crippen LogP contribution in [0.15, 0.2) is 72.8 Å². The van der Waals surface area contributed by atoms with Crippen LogP contribution in [-0.4, -0.2) is 47.2 Å². The summed E-state index contributed by atoms with van der Waals surface area (Å²) in [7, 11) is 1.38. The van der Waals surface area contributed by atoms with Gasteiger partial charge in [0.15, 0.2) is 6.10 Å². The molecule has 2 aliphatic rings. The molecule has 0 bridgehead atoms. The van der Waals surface area contributed by atoms with Crippen LogP contribution in [-0.2, 0) is 28.7 Å². The predicted octanol–water partition coefficient (Wildman–Crippen LogP) is 6.27. The largest absolute Gasteiger partial charge is 0.496 e. The van der Waals surface area contributed by atoms with Gasteiger partial charge in [-0.05, 0) is 53.6 Å². The topological polar surface area (TPSA) is 88.1 Å². The van der Waals surface area contributed by atoms with E-state index >= 15 is 0 Å². The Hall–Kier alpha value is -4.05. The molecule has 7 nitrogen and oxygen atoms in total. The van der Waals surface area contributed by atoms with E-state index in [1.54, 1.807) is 6.07 Å². The van der Waals surface area contributed by atoms with Crippen molar-refractivity contribution in [1.82, 2.24) is 10.2 Å². The lowest BCUT2D eigenvalue weighted by molar-refractivity contribution is -0.155. The van der Waals surface area contributed by atoms with E-state index in [1.807, 2.05) is 69.3 Å². The number of carbonyl (C=O) groups is 2. The van der Waals surface area contributed by atoms with Crippen LogP contribution in [0.3, 0.4) is 0 Å². The summed E-state index contributed by atoms with van der Waals surface area (Å²) in [5.41, 5.74) is 0.521. The minimum absolute atomic E-state index is 0.0463. The molecule has 2 heterocycles. The number of likely N-dealkylation sites (tertiary alicyclic amines) is 1. The summed E-state index contributed by atoms with van der Waals surface area (Å²) in [6, 6.07) is 17.3. The van der Waals surface area contributed by atoms with Gasteiger partial charge in [0.2, 0.25) is 0 Å². The van der Waals surface area contributed by atoms with Gasteiger partial charge in [0.05, 0.1) is 18.7 Å². The third kappa shape index (κ3) is 6.13. The Labute approximate surface area is 255 Å². The maximum Gasteiger partial charge on any atom is 0.416 e. The van der Waals surface area contributed by atoms with Gasteiger partial charge >= 0.3 is 12.1 Å². The first kappa shape index (κ1) is 31.4. The standard InChI is InChI=1S/C34H37F3N2O5/c1-33(2,3)27-28(38-19-22-18-23(34(35,36)37)15-17-24(22)43-4)29(21-11-6-5-7-12-21)39(30(27)32(41)42)31(40)26-16-14-20-10-8-9-13-25(20)44-26/h5-13,15,17-18,26-30,38H,14,16,19H2,1-4H3,(H,41,42)/t26?,27-,28-,29-,30-/m0/s1. The number of aryl methyl sites for hydroxylation is 1. The molecule has 44 heavy (non-hydrogen) atoms. The number of ether oxygens (including phenoxy) is 2. The van der Waals surface area contributed by atoms with E-state index in [0.29, 0.717) is 24.2 Å². The molecular formula is C34H37F3N2O5. The number of nitrogens with one attached hydrogen (secondary N) is 1. The van der Waals surface area contributed by atoms with Crippen molar-refractivity contribution >= 4 is 11.9 Å². The number of rotatable bonds is 7.